The molecule has 152 valence electrons. The molecule has 0 bridgehead atoms. The number of hydrogen-bond donors (Lipinski definition) is 1. The molecular formula is C23H21N3O3S. The molecule has 3 aromatic carbocycles. The first kappa shape index (κ1) is 19.7. The summed E-state index contributed by atoms with van der Waals surface area (Å²) in [6.45, 7) is 0. The molecule has 0 saturated carbocycles. The molecule has 0 unspecified atom stereocenters. The topological polar surface area (TPSA) is 75.4 Å². The van der Waals surface area contributed by atoms with Crippen LogP contribution in [0.3, 0.4) is 0 Å². The molecule has 1 heterocycles. The molecule has 0 amide bonds. The number of nitrogens with zero attached hydrogens (tertiary/aromatic N) is 2. The summed E-state index contributed by atoms with van der Waals surface area (Å²) in [5.74, 6) is 0.449. The van der Waals surface area contributed by atoms with E-state index >= 15 is 0 Å². The van der Waals surface area contributed by atoms with Crippen LogP contribution in [0.25, 0.3) is 22.8 Å². The number of rotatable bonds is 6. The first-order chi connectivity index (χ1) is 14.4. The number of aromatic nitrogens is 1. The maximum absolute atomic E-state index is 13.2. The third-order valence-electron chi connectivity index (χ3n) is 4.54. The molecule has 0 aliphatic carbocycles. The highest BCUT2D eigenvalue weighted by Gasteiger charge is 2.27. The molecular weight excluding hydrogens is 398 g/mol. The Hall–Kier alpha value is -3.58. The van der Waals surface area contributed by atoms with Gasteiger partial charge in [-0.15, -0.1) is 0 Å². The Morgan fingerprint density at radius 1 is 0.800 bits per heavy atom. The lowest BCUT2D eigenvalue weighted by Crippen LogP contribution is -2.15. The molecule has 0 radical (unpaired) electrons. The lowest BCUT2D eigenvalue weighted by molar-refractivity contribution is 0.581. The Morgan fingerprint density at radius 2 is 1.37 bits per heavy atom. The maximum atomic E-state index is 13.2. The molecule has 7 heteroatoms. The summed E-state index contributed by atoms with van der Waals surface area (Å²) in [6, 6.07) is 25.4. The van der Waals surface area contributed by atoms with Crippen LogP contribution in [-0.2, 0) is 10.0 Å². The molecule has 0 saturated heterocycles. The van der Waals surface area contributed by atoms with Gasteiger partial charge >= 0.3 is 0 Å². The lowest BCUT2D eigenvalue weighted by atomic mass is 10.2. The quantitative estimate of drug-likeness (QED) is 0.482. The van der Waals surface area contributed by atoms with Gasteiger partial charge in [0.05, 0.1) is 0 Å². The van der Waals surface area contributed by atoms with Gasteiger partial charge in [0.2, 0.25) is 10.9 Å². The van der Waals surface area contributed by atoms with Crippen LogP contribution in [0.4, 0.5) is 11.4 Å². The summed E-state index contributed by atoms with van der Waals surface area (Å²) in [4.78, 5) is 6.29. The van der Waals surface area contributed by atoms with Crippen LogP contribution in [0.15, 0.2) is 94.4 Å². The minimum absolute atomic E-state index is 0.149. The van der Waals surface area contributed by atoms with E-state index in [4.69, 9.17) is 4.42 Å². The Kier molecular flexibility index (Phi) is 5.29. The largest absolute Gasteiger partial charge is 0.435 e. The Balaban J connectivity index is 1.77. The zero-order chi connectivity index (χ0) is 21.1. The van der Waals surface area contributed by atoms with Gasteiger partial charge in [0.15, 0.2) is 5.76 Å². The Bertz CT molecular complexity index is 1230. The molecule has 4 aromatic rings. The van der Waals surface area contributed by atoms with Crippen molar-refractivity contribution in [2.24, 2.45) is 0 Å². The zero-order valence-electron chi connectivity index (χ0n) is 16.6. The van der Waals surface area contributed by atoms with Crippen molar-refractivity contribution in [1.29, 1.82) is 0 Å². The summed E-state index contributed by atoms with van der Waals surface area (Å²) in [5, 5.41) is -0.149. The van der Waals surface area contributed by atoms with Crippen LogP contribution in [0.5, 0.6) is 0 Å². The smallest absolute Gasteiger partial charge is 0.283 e. The van der Waals surface area contributed by atoms with E-state index in [0.29, 0.717) is 16.8 Å². The first-order valence-corrected chi connectivity index (χ1v) is 10.8. The molecule has 30 heavy (non-hydrogen) atoms. The summed E-state index contributed by atoms with van der Waals surface area (Å²) >= 11 is 0. The average Bonchev–Trinajstić information content (AvgIpc) is 3.22. The van der Waals surface area contributed by atoms with Crippen molar-refractivity contribution >= 4 is 21.4 Å². The number of benzene rings is 3. The van der Waals surface area contributed by atoms with Gasteiger partial charge in [-0.1, -0.05) is 48.5 Å². The molecule has 0 atom stereocenters. The summed E-state index contributed by atoms with van der Waals surface area (Å²) < 4.78 is 35.0. The van der Waals surface area contributed by atoms with Gasteiger partial charge < -0.3 is 9.32 Å². The Morgan fingerprint density at radius 3 is 1.93 bits per heavy atom. The number of oxazole rings is 1. The monoisotopic (exact) mass is 419 g/mol. The predicted molar refractivity (Wildman–Crippen MR) is 119 cm³/mol. The molecule has 1 N–H and O–H groups in total. The van der Waals surface area contributed by atoms with Crippen molar-refractivity contribution in [3.05, 3.63) is 84.9 Å². The minimum atomic E-state index is -3.98. The second kappa shape index (κ2) is 8.04. The van der Waals surface area contributed by atoms with E-state index in [0.717, 1.165) is 5.69 Å². The van der Waals surface area contributed by atoms with Crippen LogP contribution in [-0.4, -0.2) is 27.5 Å². The van der Waals surface area contributed by atoms with E-state index in [-0.39, 0.29) is 16.7 Å². The third kappa shape index (κ3) is 4.06. The highest BCUT2D eigenvalue weighted by Crippen LogP contribution is 2.33. The highest BCUT2D eigenvalue weighted by atomic mass is 32.2. The number of hydrogen-bond acceptors (Lipinski definition) is 5. The van der Waals surface area contributed by atoms with Gasteiger partial charge in [0, 0.05) is 36.6 Å². The number of sulfonamides is 1. The van der Waals surface area contributed by atoms with Crippen molar-refractivity contribution in [1.82, 2.24) is 4.98 Å². The second-order valence-electron chi connectivity index (χ2n) is 6.93. The van der Waals surface area contributed by atoms with Crippen LogP contribution in [0, 0.1) is 0 Å². The maximum Gasteiger partial charge on any atom is 0.283 e. The van der Waals surface area contributed by atoms with Gasteiger partial charge in [-0.2, -0.15) is 13.4 Å². The molecule has 0 aliphatic heterocycles. The molecule has 4 rings (SSSR count). The minimum Gasteiger partial charge on any atom is -0.435 e. The zero-order valence-corrected chi connectivity index (χ0v) is 17.4. The number of nitrogens with one attached hydrogen (secondary N) is 1. The standard InChI is InChI=1S/C23H21N3O3S/c1-26(2)20-15-13-19(14-16-20)25-30(27,28)23-21(17-9-5-3-6-10-17)29-22(24-23)18-11-7-4-8-12-18/h3-16,25H,1-2H3. The van der Waals surface area contributed by atoms with Crippen molar-refractivity contribution in [2.45, 2.75) is 5.03 Å². The number of anilines is 2. The van der Waals surface area contributed by atoms with E-state index in [1.165, 1.54) is 0 Å². The summed E-state index contributed by atoms with van der Waals surface area (Å²) in [5.41, 5.74) is 2.75. The molecule has 0 aliphatic rings. The van der Waals surface area contributed by atoms with Crippen molar-refractivity contribution in [3.63, 3.8) is 0 Å². The van der Waals surface area contributed by atoms with Crippen LogP contribution >= 0.6 is 0 Å². The van der Waals surface area contributed by atoms with E-state index in [9.17, 15) is 8.42 Å². The van der Waals surface area contributed by atoms with Gasteiger partial charge in [-0.3, -0.25) is 4.72 Å². The summed E-state index contributed by atoms with van der Waals surface area (Å²) in [6.07, 6.45) is 0. The lowest BCUT2D eigenvalue weighted by Gasteiger charge is -2.13. The highest BCUT2D eigenvalue weighted by molar-refractivity contribution is 7.92. The van der Waals surface area contributed by atoms with Crippen molar-refractivity contribution in [2.75, 3.05) is 23.7 Å². The normalized spacial score (nSPS) is 11.3. The fourth-order valence-electron chi connectivity index (χ4n) is 3.00. The third-order valence-corrected chi connectivity index (χ3v) is 5.83. The second-order valence-corrected chi connectivity index (χ2v) is 8.53. The molecule has 0 fully saturated rings. The Labute approximate surface area is 175 Å². The van der Waals surface area contributed by atoms with Gasteiger partial charge in [0.25, 0.3) is 10.0 Å². The summed E-state index contributed by atoms with van der Waals surface area (Å²) in [7, 11) is -0.136. The molecule has 0 spiro atoms. The average molecular weight is 420 g/mol. The fraction of sp³-hybridized carbons (Fsp3) is 0.0870. The van der Waals surface area contributed by atoms with Crippen molar-refractivity contribution < 1.29 is 12.8 Å². The van der Waals surface area contributed by atoms with E-state index in [1.54, 1.807) is 24.3 Å². The van der Waals surface area contributed by atoms with Gasteiger partial charge in [0.1, 0.15) is 0 Å². The van der Waals surface area contributed by atoms with Gasteiger partial charge in [-0.05, 0) is 36.4 Å². The van der Waals surface area contributed by atoms with Gasteiger partial charge in [-0.25, -0.2) is 0 Å². The predicted octanol–water partition coefficient (Wildman–Crippen LogP) is 4.88. The van der Waals surface area contributed by atoms with Crippen LogP contribution in [0.1, 0.15) is 0 Å². The van der Waals surface area contributed by atoms with Crippen molar-refractivity contribution in [3.8, 4) is 22.8 Å². The van der Waals surface area contributed by atoms with E-state index in [2.05, 4.69) is 9.71 Å². The molecule has 6 nitrogen and oxygen atoms in total. The molecule has 1 aromatic heterocycles. The van der Waals surface area contributed by atoms with E-state index in [1.807, 2.05) is 79.7 Å². The first-order valence-electron chi connectivity index (χ1n) is 9.36. The SMILES string of the molecule is CN(C)c1ccc(NS(=O)(=O)c2nc(-c3ccccc3)oc2-c2ccccc2)cc1. The van der Waals surface area contributed by atoms with Crippen LogP contribution < -0.4 is 9.62 Å². The van der Waals surface area contributed by atoms with E-state index < -0.39 is 10.0 Å². The van der Waals surface area contributed by atoms with Crippen LogP contribution in [0.2, 0.25) is 0 Å². The fourth-order valence-corrected chi connectivity index (χ4v) is 4.15.